The number of likely N-dealkylation sites (tertiary alicyclic amines) is 1. The summed E-state index contributed by atoms with van der Waals surface area (Å²) >= 11 is 0. The lowest BCUT2D eigenvalue weighted by atomic mass is 9.89. The molecule has 2 heterocycles. The molecule has 0 bridgehead atoms. The molecule has 2 rings (SSSR count). The minimum atomic E-state index is -0.131. The van der Waals surface area contributed by atoms with E-state index < -0.39 is 0 Å². The van der Waals surface area contributed by atoms with Crippen LogP contribution in [0.5, 0.6) is 0 Å². The summed E-state index contributed by atoms with van der Waals surface area (Å²) in [6.45, 7) is 2.78. The van der Waals surface area contributed by atoms with E-state index in [1.165, 1.54) is 0 Å². The van der Waals surface area contributed by atoms with Crippen LogP contribution in [0.3, 0.4) is 0 Å². The van der Waals surface area contributed by atoms with Crippen molar-refractivity contribution in [2.75, 3.05) is 20.2 Å². The Morgan fingerprint density at radius 2 is 2.19 bits per heavy atom. The Hall–Kier alpha value is -1.10. The Kier molecular flexibility index (Phi) is 3.14. The number of nitrogens with one attached hydrogen (secondary N) is 1. The number of hydrogen-bond donors (Lipinski definition) is 1. The molecule has 2 saturated heterocycles. The van der Waals surface area contributed by atoms with Gasteiger partial charge in [-0.2, -0.15) is 0 Å². The number of hydrogen-bond acceptors (Lipinski definition) is 3. The molecule has 2 aliphatic heterocycles. The van der Waals surface area contributed by atoms with Crippen LogP contribution < -0.4 is 5.32 Å². The molecule has 1 N–H and O–H groups in total. The molecule has 5 nitrogen and oxygen atoms in total. The van der Waals surface area contributed by atoms with E-state index in [1.807, 2.05) is 0 Å². The number of rotatable bonds is 1. The highest BCUT2D eigenvalue weighted by atomic mass is 16.5. The lowest BCUT2D eigenvalue weighted by molar-refractivity contribution is -0.140. The second-order valence-corrected chi connectivity index (χ2v) is 4.48. The SMILES string of the molecule is CNC(=O)[C@H]1C[C@H]2OCC[C@H]2N(C(C)=O)C1. The van der Waals surface area contributed by atoms with Gasteiger partial charge in [0.05, 0.1) is 18.1 Å². The van der Waals surface area contributed by atoms with Gasteiger partial charge < -0.3 is 15.0 Å². The predicted molar refractivity (Wildman–Crippen MR) is 57.7 cm³/mol. The highest BCUT2D eigenvalue weighted by molar-refractivity contribution is 5.80. The van der Waals surface area contributed by atoms with Crippen LogP contribution in [0, 0.1) is 5.92 Å². The summed E-state index contributed by atoms with van der Waals surface area (Å²) in [4.78, 5) is 24.9. The maximum atomic E-state index is 11.6. The summed E-state index contributed by atoms with van der Waals surface area (Å²) in [6.07, 6.45) is 1.67. The van der Waals surface area contributed by atoms with Crippen LogP contribution in [0.25, 0.3) is 0 Å². The fraction of sp³-hybridized carbons (Fsp3) is 0.818. The summed E-state index contributed by atoms with van der Waals surface area (Å²) in [5, 5.41) is 2.64. The summed E-state index contributed by atoms with van der Waals surface area (Å²) < 4.78 is 5.59. The van der Waals surface area contributed by atoms with Crippen molar-refractivity contribution in [2.24, 2.45) is 5.92 Å². The number of fused-ring (bicyclic) bond motifs is 1. The Bertz CT molecular complexity index is 306. The first kappa shape index (κ1) is 11.4. The fourth-order valence-corrected chi connectivity index (χ4v) is 2.70. The highest BCUT2D eigenvalue weighted by Gasteiger charge is 2.42. The van der Waals surface area contributed by atoms with Gasteiger partial charge in [-0.3, -0.25) is 9.59 Å². The molecule has 0 aromatic rings. The molecule has 0 aromatic heterocycles. The molecule has 90 valence electrons. The summed E-state index contributed by atoms with van der Waals surface area (Å²) in [7, 11) is 1.63. The maximum Gasteiger partial charge on any atom is 0.224 e. The molecule has 2 aliphatic rings. The minimum absolute atomic E-state index is 0.000185. The second kappa shape index (κ2) is 4.41. The van der Waals surface area contributed by atoms with E-state index >= 15 is 0 Å². The molecule has 2 amide bonds. The van der Waals surface area contributed by atoms with Gasteiger partial charge in [0.2, 0.25) is 11.8 Å². The molecule has 2 fully saturated rings. The molecule has 0 unspecified atom stereocenters. The van der Waals surface area contributed by atoms with E-state index in [0.717, 1.165) is 12.8 Å². The van der Waals surface area contributed by atoms with Crippen molar-refractivity contribution in [2.45, 2.75) is 31.9 Å². The number of piperidine rings is 1. The van der Waals surface area contributed by atoms with Gasteiger partial charge >= 0.3 is 0 Å². The van der Waals surface area contributed by atoms with E-state index in [1.54, 1.807) is 18.9 Å². The predicted octanol–water partition coefficient (Wildman–Crippen LogP) is -0.242. The van der Waals surface area contributed by atoms with Gasteiger partial charge in [0.15, 0.2) is 0 Å². The van der Waals surface area contributed by atoms with Crippen molar-refractivity contribution in [3.05, 3.63) is 0 Å². The standard InChI is InChI=1S/C11H18N2O3/c1-7(14)13-6-8(11(15)12-2)5-10-9(13)3-4-16-10/h8-10H,3-6H2,1-2H3,(H,12,15)/t8-,9+,10+/m0/s1. The zero-order valence-electron chi connectivity index (χ0n) is 9.73. The molecular formula is C11H18N2O3. The van der Waals surface area contributed by atoms with Gasteiger partial charge in [-0.1, -0.05) is 0 Å². The van der Waals surface area contributed by atoms with Gasteiger partial charge in [-0.05, 0) is 12.8 Å². The molecule has 0 spiro atoms. The highest BCUT2D eigenvalue weighted by Crippen LogP contribution is 2.31. The van der Waals surface area contributed by atoms with Crippen molar-refractivity contribution in [3.8, 4) is 0 Å². The van der Waals surface area contributed by atoms with Crippen molar-refractivity contribution >= 4 is 11.8 Å². The third-order valence-electron chi connectivity index (χ3n) is 3.53. The first-order valence-corrected chi connectivity index (χ1v) is 5.74. The van der Waals surface area contributed by atoms with Crippen LogP contribution in [0.4, 0.5) is 0 Å². The van der Waals surface area contributed by atoms with E-state index in [4.69, 9.17) is 4.74 Å². The molecular weight excluding hydrogens is 208 g/mol. The van der Waals surface area contributed by atoms with Crippen molar-refractivity contribution in [1.82, 2.24) is 10.2 Å². The first-order chi connectivity index (χ1) is 7.63. The van der Waals surface area contributed by atoms with Gasteiger partial charge in [0.1, 0.15) is 0 Å². The quantitative estimate of drug-likeness (QED) is 0.671. The van der Waals surface area contributed by atoms with Gasteiger partial charge in [-0.25, -0.2) is 0 Å². The molecule has 3 atom stereocenters. The average Bonchev–Trinajstić information content (AvgIpc) is 2.74. The van der Waals surface area contributed by atoms with Crippen molar-refractivity contribution in [1.29, 1.82) is 0 Å². The maximum absolute atomic E-state index is 11.6. The Balaban J connectivity index is 2.12. The molecule has 0 aromatic carbocycles. The number of ether oxygens (including phenoxy) is 1. The molecule has 0 saturated carbocycles. The average molecular weight is 226 g/mol. The molecule has 5 heteroatoms. The largest absolute Gasteiger partial charge is 0.376 e. The van der Waals surface area contributed by atoms with Gasteiger partial charge in [0.25, 0.3) is 0 Å². The Morgan fingerprint density at radius 1 is 1.44 bits per heavy atom. The van der Waals surface area contributed by atoms with Crippen molar-refractivity contribution < 1.29 is 14.3 Å². The molecule has 0 aliphatic carbocycles. The topological polar surface area (TPSA) is 58.6 Å². The lowest BCUT2D eigenvalue weighted by Gasteiger charge is -2.39. The lowest BCUT2D eigenvalue weighted by Crippen LogP contribution is -2.54. The van der Waals surface area contributed by atoms with Crippen molar-refractivity contribution in [3.63, 3.8) is 0 Å². The first-order valence-electron chi connectivity index (χ1n) is 5.74. The third kappa shape index (κ3) is 1.91. The molecule has 0 radical (unpaired) electrons. The van der Waals surface area contributed by atoms with Crippen LogP contribution >= 0.6 is 0 Å². The summed E-state index contributed by atoms with van der Waals surface area (Å²) in [5.41, 5.74) is 0. The number of amides is 2. The van der Waals surface area contributed by atoms with E-state index in [0.29, 0.717) is 13.2 Å². The third-order valence-corrected chi connectivity index (χ3v) is 3.53. The summed E-state index contributed by atoms with van der Waals surface area (Å²) in [5.74, 6) is -0.0949. The monoisotopic (exact) mass is 226 g/mol. The van der Waals surface area contributed by atoms with Crippen LogP contribution in [-0.2, 0) is 14.3 Å². The normalized spacial score (nSPS) is 33.4. The number of carbonyl (C=O) groups is 2. The van der Waals surface area contributed by atoms with E-state index in [-0.39, 0.29) is 29.9 Å². The summed E-state index contributed by atoms with van der Waals surface area (Å²) in [6, 6.07) is 0.179. The zero-order valence-corrected chi connectivity index (χ0v) is 9.73. The smallest absolute Gasteiger partial charge is 0.224 e. The van der Waals surface area contributed by atoms with Crippen LogP contribution in [0.2, 0.25) is 0 Å². The fourth-order valence-electron chi connectivity index (χ4n) is 2.70. The van der Waals surface area contributed by atoms with Crippen LogP contribution in [0.1, 0.15) is 19.8 Å². The van der Waals surface area contributed by atoms with E-state index in [9.17, 15) is 9.59 Å². The molecule has 16 heavy (non-hydrogen) atoms. The van der Waals surface area contributed by atoms with Gasteiger partial charge in [0, 0.05) is 27.1 Å². The second-order valence-electron chi connectivity index (χ2n) is 4.48. The number of carbonyl (C=O) groups excluding carboxylic acids is 2. The van der Waals surface area contributed by atoms with Crippen LogP contribution in [-0.4, -0.2) is 49.1 Å². The van der Waals surface area contributed by atoms with Crippen LogP contribution in [0.15, 0.2) is 0 Å². The zero-order chi connectivity index (χ0) is 11.7. The minimum Gasteiger partial charge on any atom is -0.376 e. The number of nitrogens with zero attached hydrogens (tertiary/aromatic N) is 1. The van der Waals surface area contributed by atoms with E-state index in [2.05, 4.69) is 5.32 Å². The Morgan fingerprint density at radius 3 is 2.81 bits per heavy atom. The Labute approximate surface area is 95.1 Å². The van der Waals surface area contributed by atoms with Gasteiger partial charge in [-0.15, -0.1) is 0 Å².